The summed E-state index contributed by atoms with van der Waals surface area (Å²) in [5.41, 5.74) is 1.42. The topological polar surface area (TPSA) is 96.5 Å². The lowest BCUT2D eigenvalue weighted by atomic mass is 9.90. The molecule has 1 atom stereocenters. The Kier molecular flexibility index (Phi) is 7.84. The number of ether oxygens (including phenoxy) is 1. The first-order valence-electron chi connectivity index (χ1n) is 9.89. The molecule has 0 aromatic heterocycles. The minimum atomic E-state index is -0.476. The van der Waals surface area contributed by atoms with Crippen LogP contribution in [0.4, 0.5) is 10.5 Å². The van der Waals surface area contributed by atoms with Crippen LogP contribution in [-0.4, -0.2) is 36.6 Å². The predicted octanol–water partition coefficient (Wildman–Crippen LogP) is 3.31. The maximum absolute atomic E-state index is 12.0. The summed E-state index contributed by atoms with van der Waals surface area (Å²) >= 11 is 0. The number of carbonyl (C=O) groups excluding carboxylic acids is 3. The summed E-state index contributed by atoms with van der Waals surface area (Å²) in [4.78, 5) is 34.8. The fraction of sp³-hybridized carbons (Fsp3) is 0.571. The Hall–Kier alpha value is -2.57. The van der Waals surface area contributed by atoms with E-state index in [4.69, 9.17) is 4.74 Å². The molecule has 0 spiro atoms. The summed E-state index contributed by atoms with van der Waals surface area (Å²) in [6.45, 7) is 6.93. The number of hydrogen-bond acceptors (Lipinski definition) is 5. The van der Waals surface area contributed by atoms with E-state index in [1.54, 1.807) is 0 Å². The van der Waals surface area contributed by atoms with E-state index in [0.717, 1.165) is 37.1 Å². The van der Waals surface area contributed by atoms with Crippen LogP contribution in [0.3, 0.4) is 0 Å². The maximum atomic E-state index is 12.0. The lowest BCUT2D eigenvalue weighted by Gasteiger charge is -2.21. The Morgan fingerprint density at radius 2 is 1.93 bits per heavy atom. The average Bonchev–Trinajstić information content (AvgIpc) is 2.59. The third kappa shape index (κ3) is 7.58. The number of hydrogen-bond donors (Lipinski definition) is 3. The summed E-state index contributed by atoms with van der Waals surface area (Å²) in [6.07, 6.45) is 3.39. The first-order chi connectivity index (χ1) is 13.2. The molecule has 2 rings (SSSR count). The van der Waals surface area contributed by atoms with Gasteiger partial charge in [-0.15, -0.1) is 0 Å². The molecule has 1 aliphatic rings. The fourth-order valence-electron chi connectivity index (χ4n) is 3.04. The number of amides is 3. The van der Waals surface area contributed by atoms with Gasteiger partial charge < -0.3 is 15.4 Å². The van der Waals surface area contributed by atoms with Crippen LogP contribution in [-0.2, 0) is 14.3 Å². The second-order valence-electron chi connectivity index (χ2n) is 8.05. The minimum absolute atomic E-state index is 0.198. The molecule has 0 radical (unpaired) electrons. The van der Waals surface area contributed by atoms with Gasteiger partial charge in [-0.1, -0.05) is 12.1 Å². The highest BCUT2D eigenvalue weighted by atomic mass is 16.6. The first-order valence-corrected chi connectivity index (χ1v) is 9.89. The molecular formula is C21H31N3O4. The molecule has 154 valence electrons. The van der Waals surface area contributed by atoms with E-state index in [0.29, 0.717) is 19.4 Å². The van der Waals surface area contributed by atoms with Crippen LogP contribution in [0.1, 0.15) is 64.4 Å². The molecule has 1 heterocycles. The summed E-state index contributed by atoms with van der Waals surface area (Å²) in [7, 11) is 0. The molecule has 1 saturated heterocycles. The largest absolute Gasteiger partial charge is 0.444 e. The van der Waals surface area contributed by atoms with Crippen molar-refractivity contribution in [2.45, 2.75) is 64.4 Å². The highest BCUT2D eigenvalue weighted by Crippen LogP contribution is 2.26. The van der Waals surface area contributed by atoms with Crippen molar-refractivity contribution in [3.8, 4) is 0 Å². The number of rotatable bonds is 8. The number of benzene rings is 1. The summed E-state index contributed by atoms with van der Waals surface area (Å²) in [5, 5.41) is 8.53. The van der Waals surface area contributed by atoms with Crippen LogP contribution in [0.15, 0.2) is 24.3 Å². The SMILES string of the molecule is CC(C)(C)OC(=O)NCCCCCNc1cccc(C2CCC(=O)NC2=O)c1. The van der Waals surface area contributed by atoms with Crippen LogP contribution >= 0.6 is 0 Å². The average molecular weight is 389 g/mol. The van der Waals surface area contributed by atoms with Crippen molar-refractivity contribution in [2.75, 3.05) is 18.4 Å². The van der Waals surface area contributed by atoms with E-state index in [1.807, 2.05) is 45.0 Å². The van der Waals surface area contributed by atoms with Crippen molar-refractivity contribution < 1.29 is 19.1 Å². The van der Waals surface area contributed by atoms with Gasteiger partial charge in [-0.05, 0) is 64.2 Å². The molecule has 28 heavy (non-hydrogen) atoms. The zero-order chi connectivity index (χ0) is 20.6. The van der Waals surface area contributed by atoms with E-state index in [-0.39, 0.29) is 23.8 Å². The smallest absolute Gasteiger partial charge is 0.407 e. The Morgan fingerprint density at radius 1 is 1.18 bits per heavy atom. The number of anilines is 1. The van der Waals surface area contributed by atoms with Crippen molar-refractivity contribution in [2.24, 2.45) is 0 Å². The van der Waals surface area contributed by atoms with Crippen LogP contribution in [0.25, 0.3) is 0 Å². The number of alkyl carbamates (subject to hydrolysis) is 1. The molecule has 0 bridgehead atoms. The van der Waals surface area contributed by atoms with E-state index in [1.165, 1.54) is 0 Å². The molecule has 1 aliphatic heterocycles. The third-order valence-corrected chi connectivity index (χ3v) is 4.38. The molecule has 7 heteroatoms. The zero-order valence-corrected chi connectivity index (χ0v) is 17.0. The Bertz CT molecular complexity index is 697. The normalized spacial score (nSPS) is 17.0. The molecule has 0 aliphatic carbocycles. The number of unbranched alkanes of at least 4 members (excludes halogenated alkanes) is 2. The quantitative estimate of drug-likeness (QED) is 0.468. The third-order valence-electron chi connectivity index (χ3n) is 4.38. The van der Waals surface area contributed by atoms with Gasteiger partial charge in [0.1, 0.15) is 5.60 Å². The minimum Gasteiger partial charge on any atom is -0.444 e. The van der Waals surface area contributed by atoms with Gasteiger partial charge in [0.05, 0.1) is 5.92 Å². The van der Waals surface area contributed by atoms with Gasteiger partial charge in [-0.2, -0.15) is 0 Å². The molecule has 3 amide bonds. The van der Waals surface area contributed by atoms with Crippen molar-refractivity contribution in [3.05, 3.63) is 29.8 Å². The number of nitrogens with one attached hydrogen (secondary N) is 3. The molecule has 1 aromatic carbocycles. The number of piperidine rings is 1. The van der Waals surface area contributed by atoms with Crippen LogP contribution in [0.5, 0.6) is 0 Å². The molecule has 1 fully saturated rings. The van der Waals surface area contributed by atoms with Crippen LogP contribution < -0.4 is 16.0 Å². The van der Waals surface area contributed by atoms with Gasteiger partial charge in [0.2, 0.25) is 11.8 Å². The summed E-state index contributed by atoms with van der Waals surface area (Å²) in [6, 6.07) is 7.79. The first kappa shape index (κ1) is 21.7. The highest BCUT2D eigenvalue weighted by Gasteiger charge is 2.27. The van der Waals surface area contributed by atoms with Gasteiger partial charge >= 0.3 is 6.09 Å². The van der Waals surface area contributed by atoms with Gasteiger partial charge in [-0.25, -0.2) is 4.79 Å². The van der Waals surface area contributed by atoms with Gasteiger partial charge in [0, 0.05) is 25.2 Å². The standard InChI is InChI=1S/C21H31N3O4/c1-21(2,3)28-20(27)23-13-6-4-5-12-22-16-9-7-8-15(14-16)17-10-11-18(25)24-19(17)26/h7-9,14,17,22H,4-6,10-13H2,1-3H3,(H,23,27)(H,24,25,26). The predicted molar refractivity (Wildman–Crippen MR) is 108 cm³/mol. The van der Waals surface area contributed by atoms with Crippen molar-refractivity contribution in [1.29, 1.82) is 0 Å². The van der Waals surface area contributed by atoms with Crippen molar-refractivity contribution >= 4 is 23.6 Å². The van der Waals surface area contributed by atoms with E-state index < -0.39 is 5.60 Å². The highest BCUT2D eigenvalue weighted by molar-refractivity contribution is 6.01. The lowest BCUT2D eigenvalue weighted by Crippen LogP contribution is -2.39. The van der Waals surface area contributed by atoms with Crippen LogP contribution in [0.2, 0.25) is 0 Å². The van der Waals surface area contributed by atoms with Gasteiger partial charge in [-0.3, -0.25) is 14.9 Å². The van der Waals surface area contributed by atoms with E-state index >= 15 is 0 Å². The second kappa shape index (κ2) is 10.1. The summed E-state index contributed by atoms with van der Waals surface area (Å²) in [5.74, 6) is -0.680. The number of carbonyl (C=O) groups is 3. The van der Waals surface area contributed by atoms with E-state index in [9.17, 15) is 14.4 Å². The van der Waals surface area contributed by atoms with Crippen molar-refractivity contribution in [1.82, 2.24) is 10.6 Å². The van der Waals surface area contributed by atoms with Crippen molar-refractivity contribution in [3.63, 3.8) is 0 Å². The molecule has 1 aromatic rings. The second-order valence-corrected chi connectivity index (χ2v) is 8.05. The monoisotopic (exact) mass is 389 g/mol. The number of imide groups is 1. The fourth-order valence-corrected chi connectivity index (χ4v) is 3.04. The molecule has 7 nitrogen and oxygen atoms in total. The van der Waals surface area contributed by atoms with Crippen LogP contribution in [0, 0.1) is 0 Å². The molecule has 1 unspecified atom stereocenters. The Balaban J connectivity index is 1.65. The molecule has 3 N–H and O–H groups in total. The molecular weight excluding hydrogens is 358 g/mol. The molecule has 0 saturated carbocycles. The summed E-state index contributed by atoms with van der Waals surface area (Å²) < 4.78 is 5.19. The van der Waals surface area contributed by atoms with Gasteiger partial charge in [0.15, 0.2) is 0 Å². The zero-order valence-electron chi connectivity index (χ0n) is 17.0. The maximum Gasteiger partial charge on any atom is 0.407 e. The van der Waals surface area contributed by atoms with E-state index in [2.05, 4.69) is 16.0 Å². The Labute approximate surface area is 166 Å². The van der Waals surface area contributed by atoms with Gasteiger partial charge in [0.25, 0.3) is 0 Å². The lowest BCUT2D eigenvalue weighted by molar-refractivity contribution is -0.134. The Morgan fingerprint density at radius 3 is 2.64 bits per heavy atom.